The van der Waals surface area contributed by atoms with E-state index < -0.39 is 10.0 Å². The highest BCUT2D eigenvalue weighted by molar-refractivity contribution is 7.89. The smallest absolute Gasteiger partial charge is 0.243 e. The van der Waals surface area contributed by atoms with Gasteiger partial charge in [-0.1, -0.05) is 43.5 Å². The Hall–Kier alpha value is -0.490. The number of nitrogens with two attached hydrogens (primary N) is 1. The van der Waals surface area contributed by atoms with Crippen LogP contribution >= 0.6 is 23.2 Å². The van der Waals surface area contributed by atoms with Gasteiger partial charge in [0.15, 0.2) is 0 Å². The van der Waals surface area contributed by atoms with Crippen molar-refractivity contribution in [3.05, 3.63) is 22.2 Å². The van der Waals surface area contributed by atoms with Gasteiger partial charge in [0.25, 0.3) is 0 Å². The van der Waals surface area contributed by atoms with Crippen molar-refractivity contribution < 1.29 is 8.42 Å². The third-order valence-electron chi connectivity index (χ3n) is 4.35. The Morgan fingerprint density at radius 3 is 2.33 bits per heavy atom. The number of benzene rings is 1. The van der Waals surface area contributed by atoms with Gasteiger partial charge in [-0.15, -0.1) is 0 Å². The van der Waals surface area contributed by atoms with Gasteiger partial charge in [0, 0.05) is 11.7 Å². The molecule has 21 heavy (non-hydrogen) atoms. The largest absolute Gasteiger partial charge is 0.399 e. The lowest BCUT2D eigenvalue weighted by molar-refractivity contribution is 0.368. The van der Waals surface area contributed by atoms with Crippen LogP contribution in [0.15, 0.2) is 17.0 Å². The maximum Gasteiger partial charge on any atom is 0.243 e. The molecular weight excluding hydrogens is 331 g/mol. The van der Waals surface area contributed by atoms with Crippen LogP contribution in [0.25, 0.3) is 0 Å². The minimum atomic E-state index is -3.76. The molecule has 118 valence electrons. The molecule has 0 amide bonds. The van der Waals surface area contributed by atoms with E-state index in [4.69, 9.17) is 28.9 Å². The highest BCUT2D eigenvalue weighted by Gasteiger charge is 2.35. The predicted molar refractivity (Wildman–Crippen MR) is 87.2 cm³/mol. The van der Waals surface area contributed by atoms with Gasteiger partial charge in [0.2, 0.25) is 10.0 Å². The third kappa shape index (κ3) is 3.47. The van der Waals surface area contributed by atoms with Gasteiger partial charge < -0.3 is 5.73 Å². The number of nitrogen functional groups attached to an aromatic ring is 1. The normalized spacial score (nSPS) is 26.2. The Labute approximate surface area is 136 Å². The summed E-state index contributed by atoms with van der Waals surface area (Å²) in [6.07, 6.45) is 2.93. The maximum atomic E-state index is 12.6. The monoisotopic (exact) mass is 350 g/mol. The second kappa shape index (κ2) is 6.32. The number of rotatable bonds is 4. The van der Waals surface area contributed by atoms with Crippen LogP contribution in [0, 0.1) is 11.8 Å². The summed E-state index contributed by atoms with van der Waals surface area (Å²) in [7, 11) is -3.76. The molecule has 4 nitrogen and oxygen atoms in total. The second-order valence-corrected chi connectivity index (χ2v) is 8.11. The molecule has 1 fully saturated rings. The van der Waals surface area contributed by atoms with Crippen LogP contribution < -0.4 is 10.5 Å². The Bertz CT molecular complexity index is 611. The van der Waals surface area contributed by atoms with E-state index in [0.717, 1.165) is 19.3 Å². The van der Waals surface area contributed by atoms with Crippen molar-refractivity contribution in [1.82, 2.24) is 4.72 Å². The van der Waals surface area contributed by atoms with E-state index in [1.807, 2.05) is 0 Å². The Morgan fingerprint density at radius 1 is 1.29 bits per heavy atom. The molecule has 0 heterocycles. The van der Waals surface area contributed by atoms with Crippen molar-refractivity contribution in [2.24, 2.45) is 11.8 Å². The van der Waals surface area contributed by atoms with Crippen molar-refractivity contribution >= 4 is 38.9 Å². The summed E-state index contributed by atoms with van der Waals surface area (Å²) < 4.78 is 27.9. The zero-order valence-electron chi connectivity index (χ0n) is 12.1. The SMILES string of the molecule is CCC1CCC(NS(=O)(=O)c2c(Cl)cc(N)cc2Cl)C1C. The van der Waals surface area contributed by atoms with Crippen LogP contribution in [-0.2, 0) is 10.0 Å². The molecular formula is C14H20Cl2N2O2S. The van der Waals surface area contributed by atoms with Gasteiger partial charge >= 0.3 is 0 Å². The lowest BCUT2D eigenvalue weighted by Gasteiger charge is -2.21. The number of hydrogen-bond donors (Lipinski definition) is 2. The quantitative estimate of drug-likeness (QED) is 0.813. The van der Waals surface area contributed by atoms with E-state index in [-0.39, 0.29) is 21.0 Å². The third-order valence-corrected chi connectivity index (χ3v) is 6.76. The molecule has 1 aromatic carbocycles. The number of anilines is 1. The van der Waals surface area contributed by atoms with Crippen LogP contribution in [0.2, 0.25) is 10.0 Å². The molecule has 7 heteroatoms. The zero-order chi connectivity index (χ0) is 15.8. The van der Waals surface area contributed by atoms with Crippen LogP contribution in [0.1, 0.15) is 33.1 Å². The van der Waals surface area contributed by atoms with Crippen LogP contribution in [0.4, 0.5) is 5.69 Å². The Balaban J connectivity index is 2.28. The van der Waals surface area contributed by atoms with Gasteiger partial charge in [-0.05, 0) is 36.8 Å². The highest BCUT2D eigenvalue weighted by Crippen LogP contribution is 2.36. The Kier molecular flexibility index (Phi) is 5.08. The molecule has 0 radical (unpaired) electrons. The summed E-state index contributed by atoms with van der Waals surface area (Å²) in [4.78, 5) is -0.0906. The van der Waals surface area contributed by atoms with Gasteiger partial charge in [-0.2, -0.15) is 0 Å². The average Bonchev–Trinajstić information content (AvgIpc) is 2.68. The fourth-order valence-electron chi connectivity index (χ4n) is 3.08. The molecule has 3 N–H and O–H groups in total. The molecule has 1 aromatic rings. The fourth-order valence-corrected chi connectivity index (χ4v) is 5.68. The summed E-state index contributed by atoms with van der Waals surface area (Å²) in [6, 6.07) is 2.72. The molecule has 2 rings (SSSR count). The topological polar surface area (TPSA) is 72.2 Å². The molecule has 1 aliphatic carbocycles. The number of nitrogens with one attached hydrogen (secondary N) is 1. The van der Waals surface area contributed by atoms with E-state index in [2.05, 4.69) is 18.6 Å². The van der Waals surface area contributed by atoms with Gasteiger partial charge in [0.05, 0.1) is 10.0 Å². The maximum absolute atomic E-state index is 12.6. The Morgan fingerprint density at radius 2 is 1.86 bits per heavy atom. The number of sulfonamides is 1. The van der Waals surface area contributed by atoms with E-state index >= 15 is 0 Å². The average molecular weight is 351 g/mol. The molecule has 0 aliphatic heterocycles. The molecule has 3 unspecified atom stereocenters. The zero-order valence-corrected chi connectivity index (χ0v) is 14.4. The van der Waals surface area contributed by atoms with E-state index in [1.54, 1.807) is 0 Å². The minimum absolute atomic E-state index is 0.0465. The molecule has 1 aliphatic rings. The van der Waals surface area contributed by atoms with E-state index in [9.17, 15) is 8.42 Å². The number of halogens is 2. The lowest BCUT2D eigenvalue weighted by Crippen LogP contribution is -2.37. The summed E-state index contributed by atoms with van der Waals surface area (Å²) >= 11 is 12.0. The molecule has 3 atom stereocenters. The summed E-state index contributed by atoms with van der Waals surface area (Å²) in [5.74, 6) is 0.853. The van der Waals surface area contributed by atoms with Crippen LogP contribution in [-0.4, -0.2) is 14.5 Å². The molecule has 0 aromatic heterocycles. The van der Waals surface area contributed by atoms with Crippen molar-refractivity contribution in [2.75, 3.05) is 5.73 Å². The molecule has 0 saturated heterocycles. The first-order chi connectivity index (χ1) is 9.76. The van der Waals surface area contributed by atoms with Crippen molar-refractivity contribution in [1.29, 1.82) is 0 Å². The summed E-state index contributed by atoms with van der Waals surface area (Å²) in [5.41, 5.74) is 5.95. The first-order valence-electron chi connectivity index (χ1n) is 7.03. The van der Waals surface area contributed by atoms with Crippen LogP contribution in [0.5, 0.6) is 0 Å². The molecule has 0 spiro atoms. The van der Waals surface area contributed by atoms with E-state index in [1.165, 1.54) is 12.1 Å². The first kappa shape index (κ1) is 16.9. The van der Waals surface area contributed by atoms with Crippen molar-refractivity contribution in [3.63, 3.8) is 0 Å². The highest BCUT2D eigenvalue weighted by atomic mass is 35.5. The standard InChI is InChI=1S/C14H20Cl2N2O2S/c1-3-9-4-5-13(8(9)2)18-21(19,20)14-11(15)6-10(17)7-12(14)16/h6-9,13,18H,3-5,17H2,1-2H3. The van der Waals surface area contributed by atoms with Gasteiger partial charge in [-0.25, -0.2) is 13.1 Å². The molecule has 0 bridgehead atoms. The summed E-state index contributed by atoms with van der Waals surface area (Å²) in [5, 5.41) is 0.0929. The van der Waals surface area contributed by atoms with Crippen molar-refractivity contribution in [3.8, 4) is 0 Å². The molecule has 1 saturated carbocycles. The fraction of sp³-hybridized carbons (Fsp3) is 0.571. The second-order valence-electron chi connectivity index (χ2n) is 5.65. The first-order valence-corrected chi connectivity index (χ1v) is 9.27. The minimum Gasteiger partial charge on any atom is -0.399 e. The van der Waals surface area contributed by atoms with Crippen molar-refractivity contribution in [2.45, 2.75) is 44.0 Å². The van der Waals surface area contributed by atoms with Gasteiger partial charge in [0.1, 0.15) is 4.90 Å². The summed E-state index contributed by atoms with van der Waals surface area (Å²) in [6.45, 7) is 4.21. The predicted octanol–water partition coefficient (Wildman–Crippen LogP) is 3.68. The lowest BCUT2D eigenvalue weighted by atomic mass is 9.94. The number of hydrogen-bond acceptors (Lipinski definition) is 3. The van der Waals surface area contributed by atoms with E-state index in [0.29, 0.717) is 17.5 Å². The van der Waals surface area contributed by atoms with Crippen LogP contribution in [0.3, 0.4) is 0 Å². The van der Waals surface area contributed by atoms with Gasteiger partial charge in [-0.3, -0.25) is 0 Å².